The molecule has 188 valence electrons. The van der Waals surface area contributed by atoms with Crippen LogP contribution >= 0.6 is 0 Å². The molecule has 0 bridgehead atoms. The number of aliphatic carboxylic acids is 2. The predicted molar refractivity (Wildman–Crippen MR) is 137 cm³/mol. The van der Waals surface area contributed by atoms with Crippen LogP contribution in [0, 0.1) is 11.8 Å². The fourth-order valence-corrected chi connectivity index (χ4v) is 4.76. The van der Waals surface area contributed by atoms with E-state index < -0.39 is 23.8 Å². The van der Waals surface area contributed by atoms with Crippen molar-refractivity contribution in [3.05, 3.63) is 34.9 Å². The summed E-state index contributed by atoms with van der Waals surface area (Å²) in [5.74, 6) is -1.91. The largest absolute Gasteiger partial charge is 0.481 e. The lowest BCUT2D eigenvalue weighted by Crippen LogP contribution is -2.21. The van der Waals surface area contributed by atoms with Crippen LogP contribution in [0.1, 0.15) is 134 Å². The van der Waals surface area contributed by atoms with E-state index in [9.17, 15) is 19.8 Å². The van der Waals surface area contributed by atoms with Gasteiger partial charge in [0.2, 0.25) is 0 Å². The molecule has 0 saturated carbocycles. The molecular formula is C29H48O4. The minimum Gasteiger partial charge on any atom is -0.481 e. The summed E-state index contributed by atoms with van der Waals surface area (Å²) in [7, 11) is 0. The molecule has 0 heterocycles. The van der Waals surface area contributed by atoms with Crippen molar-refractivity contribution in [1.29, 1.82) is 0 Å². The van der Waals surface area contributed by atoms with Crippen molar-refractivity contribution in [2.24, 2.45) is 11.8 Å². The quantitative estimate of drug-likeness (QED) is 0.217. The van der Waals surface area contributed by atoms with Crippen LogP contribution < -0.4 is 0 Å². The Hall–Kier alpha value is -1.84. The zero-order valence-electron chi connectivity index (χ0n) is 21.7. The van der Waals surface area contributed by atoms with Crippen LogP contribution in [0.15, 0.2) is 18.2 Å². The minimum absolute atomic E-state index is 0.524. The Morgan fingerprint density at radius 1 is 0.727 bits per heavy atom. The molecule has 0 aliphatic carbocycles. The zero-order chi connectivity index (χ0) is 24.8. The monoisotopic (exact) mass is 460 g/mol. The molecule has 4 nitrogen and oxygen atoms in total. The first-order chi connectivity index (χ1) is 15.7. The van der Waals surface area contributed by atoms with Crippen molar-refractivity contribution < 1.29 is 19.8 Å². The molecule has 1 aromatic carbocycles. The van der Waals surface area contributed by atoms with E-state index in [4.69, 9.17) is 0 Å². The van der Waals surface area contributed by atoms with Gasteiger partial charge in [-0.1, -0.05) is 104 Å². The van der Waals surface area contributed by atoms with Crippen LogP contribution in [0.5, 0.6) is 0 Å². The lowest BCUT2D eigenvalue weighted by Gasteiger charge is -2.25. The second-order valence-corrected chi connectivity index (χ2v) is 10.5. The molecule has 4 heteroatoms. The number of carboxylic acids is 2. The zero-order valence-corrected chi connectivity index (χ0v) is 21.7. The van der Waals surface area contributed by atoms with Crippen molar-refractivity contribution >= 4 is 11.9 Å². The molecule has 1 rings (SSSR count). The first-order valence-corrected chi connectivity index (χ1v) is 13.3. The van der Waals surface area contributed by atoms with Gasteiger partial charge in [0, 0.05) is 0 Å². The summed E-state index contributed by atoms with van der Waals surface area (Å²) in [6.45, 7) is 10.8. The van der Waals surface area contributed by atoms with E-state index in [2.05, 4.69) is 34.6 Å². The van der Waals surface area contributed by atoms with Gasteiger partial charge in [0.15, 0.2) is 0 Å². The molecule has 0 aromatic heterocycles. The number of hydrogen-bond donors (Lipinski definition) is 2. The van der Waals surface area contributed by atoms with Crippen LogP contribution in [0.2, 0.25) is 0 Å². The predicted octanol–water partition coefficient (Wildman–Crippen LogP) is 8.19. The number of hydrogen-bond acceptors (Lipinski definition) is 2. The molecule has 1 aromatic rings. The van der Waals surface area contributed by atoms with Gasteiger partial charge in [0.25, 0.3) is 0 Å². The number of carboxylic acid groups (broad SMARTS) is 2. The smallest absolute Gasteiger partial charge is 0.310 e. The Kier molecular flexibility index (Phi) is 14.1. The molecule has 33 heavy (non-hydrogen) atoms. The minimum atomic E-state index is -0.841. The highest BCUT2D eigenvalue weighted by molar-refractivity contribution is 5.81. The highest BCUT2D eigenvalue weighted by atomic mass is 16.4. The summed E-state index contributed by atoms with van der Waals surface area (Å²) < 4.78 is 0. The van der Waals surface area contributed by atoms with Crippen LogP contribution in [0.25, 0.3) is 0 Å². The average molecular weight is 461 g/mol. The first-order valence-electron chi connectivity index (χ1n) is 13.3. The van der Waals surface area contributed by atoms with Gasteiger partial charge in [-0.15, -0.1) is 0 Å². The van der Waals surface area contributed by atoms with Gasteiger partial charge < -0.3 is 10.2 Å². The molecule has 0 aliphatic heterocycles. The SMILES string of the molecule is CCCCCCCc1cccc(C(CCCC(C)C)C(=O)O)c1C(CCCC(C)C)C(=O)O. The Balaban J connectivity index is 3.32. The van der Waals surface area contributed by atoms with Crippen LogP contribution in [0.4, 0.5) is 0 Å². The highest BCUT2D eigenvalue weighted by Crippen LogP contribution is 2.36. The van der Waals surface area contributed by atoms with Gasteiger partial charge in [0.05, 0.1) is 11.8 Å². The molecule has 0 saturated heterocycles. The number of unbranched alkanes of at least 4 members (excludes halogenated alkanes) is 4. The van der Waals surface area contributed by atoms with Gasteiger partial charge >= 0.3 is 11.9 Å². The molecule has 2 atom stereocenters. The Morgan fingerprint density at radius 3 is 1.79 bits per heavy atom. The van der Waals surface area contributed by atoms with E-state index >= 15 is 0 Å². The summed E-state index contributed by atoms with van der Waals surface area (Å²) in [5.41, 5.74) is 2.56. The first kappa shape index (κ1) is 29.2. The number of carbonyl (C=O) groups is 2. The second kappa shape index (κ2) is 15.9. The number of aryl methyl sites for hydroxylation is 1. The van der Waals surface area contributed by atoms with Gasteiger partial charge in [-0.05, 0) is 54.2 Å². The van der Waals surface area contributed by atoms with Gasteiger partial charge in [0.1, 0.15) is 0 Å². The fraction of sp³-hybridized carbons (Fsp3) is 0.724. The molecule has 0 amide bonds. The third-order valence-corrected chi connectivity index (χ3v) is 6.65. The van der Waals surface area contributed by atoms with E-state index in [1.54, 1.807) is 0 Å². The van der Waals surface area contributed by atoms with Crippen molar-refractivity contribution in [2.45, 2.75) is 124 Å². The normalized spacial score (nSPS) is 13.4. The molecule has 2 unspecified atom stereocenters. The molecule has 0 radical (unpaired) electrons. The maximum atomic E-state index is 12.4. The van der Waals surface area contributed by atoms with Crippen molar-refractivity contribution in [3.8, 4) is 0 Å². The lowest BCUT2D eigenvalue weighted by molar-refractivity contribution is -0.140. The average Bonchev–Trinajstić information content (AvgIpc) is 2.73. The van der Waals surface area contributed by atoms with Gasteiger partial charge in [-0.25, -0.2) is 0 Å². The summed E-state index contributed by atoms with van der Waals surface area (Å²) in [5, 5.41) is 20.3. The molecule has 0 spiro atoms. The van der Waals surface area contributed by atoms with Gasteiger partial charge in [-0.2, -0.15) is 0 Å². The number of benzene rings is 1. The van der Waals surface area contributed by atoms with Crippen molar-refractivity contribution in [1.82, 2.24) is 0 Å². The second-order valence-electron chi connectivity index (χ2n) is 10.5. The van der Waals surface area contributed by atoms with E-state index in [1.165, 1.54) is 19.3 Å². The summed E-state index contributed by atoms with van der Waals surface area (Å²) in [4.78, 5) is 24.8. The fourth-order valence-electron chi connectivity index (χ4n) is 4.76. The topological polar surface area (TPSA) is 74.6 Å². The molecule has 2 N–H and O–H groups in total. The summed E-state index contributed by atoms with van der Waals surface area (Å²) in [6, 6.07) is 5.85. The van der Waals surface area contributed by atoms with Gasteiger partial charge in [-0.3, -0.25) is 9.59 Å². The standard InChI is InChI=1S/C29H48O4/c1-6-7-8-9-10-16-23-17-13-18-24(25(28(30)31)19-11-14-21(2)3)27(23)26(29(32)33)20-12-15-22(4)5/h13,17-18,21-22,25-26H,6-12,14-16,19-20H2,1-5H3,(H,30,31)(H,32,33). The van der Waals surface area contributed by atoms with E-state index in [-0.39, 0.29) is 0 Å². The van der Waals surface area contributed by atoms with Crippen LogP contribution in [-0.4, -0.2) is 22.2 Å². The van der Waals surface area contributed by atoms with Crippen LogP contribution in [-0.2, 0) is 16.0 Å². The third-order valence-electron chi connectivity index (χ3n) is 6.65. The molecule has 0 aliphatic rings. The Labute approximate surface area is 202 Å². The van der Waals surface area contributed by atoms with Crippen molar-refractivity contribution in [2.75, 3.05) is 0 Å². The van der Waals surface area contributed by atoms with E-state index in [0.29, 0.717) is 24.7 Å². The molecule has 0 fully saturated rings. The Bertz CT molecular complexity index is 708. The van der Waals surface area contributed by atoms with Crippen LogP contribution in [0.3, 0.4) is 0 Å². The summed E-state index contributed by atoms with van der Waals surface area (Å²) in [6.07, 6.45) is 11.3. The maximum absolute atomic E-state index is 12.4. The van der Waals surface area contributed by atoms with E-state index in [0.717, 1.165) is 61.6 Å². The third kappa shape index (κ3) is 10.8. The maximum Gasteiger partial charge on any atom is 0.310 e. The highest BCUT2D eigenvalue weighted by Gasteiger charge is 2.30. The number of rotatable bonds is 18. The Morgan fingerprint density at radius 2 is 1.27 bits per heavy atom. The summed E-state index contributed by atoms with van der Waals surface area (Å²) >= 11 is 0. The van der Waals surface area contributed by atoms with E-state index in [1.807, 2.05) is 18.2 Å². The lowest BCUT2D eigenvalue weighted by atomic mass is 9.79. The van der Waals surface area contributed by atoms with Crippen molar-refractivity contribution in [3.63, 3.8) is 0 Å². The molecular weight excluding hydrogens is 412 g/mol.